The number of carboxylic acids is 1. The van der Waals surface area contributed by atoms with Gasteiger partial charge in [0.05, 0.1) is 12.5 Å². The fraction of sp³-hybridized carbons (Fsp3) is 0.875. The van der Waals surface area contributed by atoms with Gasteiger partial charge in [0.2, 0.25) is 0 Å². The van der Waals surface area contributed by atoms with Crippen molar-refractivity contribution in [1.82, 2.24) is 0 Å². The molecule has 0 heterocycles. The Balaban J connectivity index is 3.69. The lowest BCUT2D eigenvalue weighted by atomic mass is 9.88. The van der Waals surface area contributed by atoms with Crippen LogP contribution in [0.4, 0.5) is 0 Å². The zero-order valence-electron chi connectivity index (χ0n) is 7.29. The minimum atomic E-state index is -0.943. The maximum absolute atomic E-state index is 10.1. The van der Waals surface area contributed by atoms with Gasteiger partial charge in [-0.25, -0.2) is 0 Å². The quantitative estimate of drug-likeness (QED) is 0.653. The summed E-state index contributed by atoms with van der Waals surface area (Å²) >= 11 is 0. The number of hydrogen-bond donors (Lipinski definition) is 2. The van der Waals surface area contributed by atoms with E-state index in [9.17, 15) is 9.90 Å². The molecule has 0 aromatic rings. The van der Waals surface area contributed by atoms with Gasteiger partial charge in [0.1, 0.15) is 0 Å². The van der Waals surface area contributed by atoms with Crippen LogP contribution >= 0.6 is 0 Å². The minimum absolute atomic E-state index is 0.00509. The summed E-state index contributed by atoms with van der Waals surface area (Å²) in [4.78, 5) is 10.1. The SMILES string of the molecule is CC(C)(C)C[C@H](O)CC(=O)O. The summed E-state index contributed by atoms with van der Waals surface area (Å²) in [5.74, 6) is -0.943. The highest BCUT2D eigenvalue weighted by Gasteiger charge is 2.18. The Morgan fingerprint density at radius 1 is 1.45 bits per heavy atom. The Kier molecular flexibility index (Phi) is 3.52. The normalized spacial score (nSPS) is 14.5. The second-order valence-electron chi connectivity index (χ2n) is 4.02. The average Bonchev–Trinajstić information content (AvgIpc) is 1.53. The zero-order chi connectivity index (χ0) is 9.07. The molecule has 0 aromatic carbocycles. The topological polar surface area (TPSA) is 57.5 Å². The molecule has 0 aliphatic carbocycles. The van der Waals surface area contributed by atoms with Crippen molar-refractivity contribution in [3.63, 3.8) is 0 Å². The zero-order valence-corrected chi connectivity index (χ0v) is 7.29. The Labute approximate surface area is 67.0 Å². The number of aliphatic carboxylic acids is 1. The number of aliphatic hydroxyl groups excluding tert-OH is 1. The summed E-state index contributed by atoms with van der Waals surface area (Å²) in [7, 11) is 0. The maximum atomic E-state index is 10.1. The van der Waals surface area contributed by atoms with Gasteiger partial charge in [-0.05, 0) is 11.8 Å². The molecule has 0 spiro atoms. The van der Waals surface area contributed by atoms with Crippen molar-refractivity contribution >= 4 is 5.97 Å². The van der Waals surface area contributed by atoms with E-state index in [0.29, 0.717) is 6.42 Å². The first kappa shape index (κ1) is 10.4. The molecule has 1 atom stereocenters. The van der Waals surface area contributed by atoms with Crippen LogP contribution in [0.3, 0.4) is 0 Å². The summed E-state index contributed by atoms with van der Waals surface area (Å²) in [5, 5.41) is 17.5. The lowest BCUT2D eigenvalue weighted by Crippen LogP contribution is -2.20. The van der Waals surface area contributed by atoms with Gasteiger partial charge in [-0.3, -0.25) is 4.79 Å². The third-order valence-electron chi connectivity index (χ3n) is 1.26. The average molecular weight is 160 g/mol. The largest absolute Gasteiger partial charge is 0.481 e. The highest BCUT2D eigenvalue weighted by atomic mass is 16.4. The Morgan fingerprint density at radius 2 is 1.91 bits per heavy atom. The van der Waals surface area contributed by atoms with Crippen LogP contribution in [-0.2, 0) is 4.79 Å². The van der Waals surface area contributed by atoms with Gasteiger partial charge in [-0.1, -0.05) is 20.8 Å². The fourth-order valence-electron chi connectivity index (χ4n) is 0.981. The van der Waals surface area contributed by atoms with E-state index in [1.807, 2.05) is 20.8 Å². The highest BCUT2D eigenvalue weighted by Crippen LogP contribution is 2.21. The number of carbonyl (C=O) groups is 1. The second-order valence-corrected chi connectivity index (χ2v) is 4.02. The van der Waals surface area contributed by atoms with Crippen LogP contribution in [0.1, 0.15) is 33.6 Å². The monoisotopic (exact) mass is 160 g/mol. The number of rotatable bonds is 3. The van der Waals surface area contributed by atoms with Crippen molar-refractivity contribution in [2.24, 2.45) is 5.41 Å². The molecule has 0 rings (SSSR count). The standard InChI is InChI=1S/C8H16O3/c1-8(2,3)5-6(9)4-7(10)11/h6,9H,4-5H2,1-3H3,(H,10,11)/t6-/m1/s1. The molecule has 0 unspecified atom stereocenters. The van der Waals surface area contributed by atoms with Crippen LogP contribution < -0.4 is 0 Å². The van der Waals surface area contributed by atoms with Crippen molar-refractivity contribution in [3.8, 4) is 0 Å². The molecule has 0 saturated carbocycles. The van der Waals surface area contributed by atoms with Gasteiger partial charge in [0.25, 0.3) is 0 Å². The maximum Gasteiger partial charge on any atom is 0.305 e. The molecule has 0 aliphatic heterocycles. The van der Waals surface area contributed by atoms with Crippen LogP contribution in [0.2, 0.25) is 0 Å². The number of carboxylic acid groups (broad SMARTS) is 1. The van der Waals surface area contributed by atoms with Gasteiger partial charge in [-0.2, -0.15) is 0 Å². The first-order chi connectivity index (χ1) is 4.81. The fourth-order valence-corrected chi connectivity index (χ4v) is 0.981. The van der Waals surface area contributed by atoms with Crippen LogP contribution in [0.25, 0.3) is 0 Å². The molecule has 0 fully saturated rings. The van der Waals surface area contributed by atoms with Crippen molar-refractivity contribution in [3.05, 3.63) is 0 Å². The molecule has 2 N–H and O–H groups in total. The van der Waals surface area contributed by atoms with Crippen LogP contribution in [0, 0.1) is 5.41 Å². The van der Waals surface area contributed by atoms with E-state index >= 15 is 0 Å². The van der Waals surface area contributed by atoms with Crippen molar-refractivity contribution < 1.29 is 15.0 Å². The van der Waals surface area contributed by atoms with E-state index in [-0.39, 0.29) is 11.8 Å². The third kappa shape index (κ3) is 7.33. The van der Waals surface area contributed by atoms with Gasteiger partial charge in [0, 0.05) is 0 Å². The van der Waals surface area contributed by atoms with E-state index in [4.69, 9.17) is 5.11 Å². The third-order valence-corrected chi connectivity index (χ3v) is 1.26. The van der Waals surface area contributed by atoms with E-state index in [1.54, 1.807) is 0 Å². The van der Waals surface area contributed by atoms with Gasteiger partial charge >= 0.3 is 5.97 Å². The molecule has 3 nitrogen and oxygen atoms in total. The van der Waals surface area contributed by atoms with Crippen molar-refractivity contribution in [1.29, 1.82) is 0 Å². The summed E-state index contributed by atoms with van der Waals surface area (Å²) < 4.78 is 0. The predicted octanol–water partition coefficient (Wildman–Crippen LogP) is 1.26. The smallest absolute Gasteiger partial charge is 0.305 e. The first-order valence-corrected chi connectivity index (χ1v) is 3.71. The van der Waals surface area contributed by atoms with Crippen LogP contribution in [-0.4, -0.2) is 22.3 Å². The molecule has 0 bridgehead atoms. The van der Waals surface area contributed by atoms with Gasteiger partial charge in [0.15, 0.2) is 0 Å². The van der Waals surface area contributed by atoms with E-state index in [1.165, 1.54) is 0 Å². The Bertz CT molecular complexity index is 135. The number of hydrogen-bond acceptors (Lipinski definition) is 2. The molecule has 0 aliphatic rings. The molecule has 66 valence electrons. The van der Waals surface area contributed by atoms with Crippen LogP contribution in [0.5, 0.6) is 0 Å². The summed E-state index contributed by atoms with van der Waals surface area (Å²) in [5.41, 5.74) is -0.00509. The summed E-state index contributed by atoms with van der Waals surface area (Å²) in [6.45, 7) is 5.91. The van der Waals surface area contributed by atoms with Gasteiger partial charge < -0.3 is 10.2 Å². The molecule has 0 radical (unpaired) electrons. The van der Waals surface area contributed by atoms with Gasteiger partial charge in [-0.15, -0.1) is 0 Å². The summed E-state index contributed by atoms with van der Waals surface area (Å²) in [6.07, 6.45) is -0.344. The highest BCUT2D eigenvalue weighted by molar-refractivity contribution is 5.67. The van der Waals surface area contributed by atoms with Crippen molar-refractivity contribution in [2.45, 2.75) is 39.7 Å². The van der Waals surface area contributed by atoms with E-state index in [0.717, 1.165) is 0 Å². The first-order valence-electron chi connectivity index (χ1n) is 3.71. The second kappa shape index (κ2) is 3.72. The van der Waals surface area contributed by atoms with E-state index < -0.39 is 12.1 Å². The molecule has 0 aromatic heterocycles. The number of aliphatic hydroxyl groups is 1. The molecular formula is C8H16O3. The lowest BCUT2D eigenvalue weighted by molar-refractivity contribution is -0.139. The molecule has 0 saturated heterocycles. The lowest BCUT2D eigenvalue weighted by Gasteiger charge is -2.20. The van der Waals surface area contributed by atoms with Crippen LogP contribution in [0.15, 0.2) is 0 Å². The minimum Gasteiger partial charge on any atom is -0.481 e. The molecule has 3 heteroatoms. The van der Waals surface area contributed by atoms with E-state index in [2.05, 4.69) is 0 Å². The molecular weight excluding hydrogens is 144 g/mol. The Morgan fingerprint density at radius 3 is 2.18 bits per heavy atom. The molecule has 11 heavy (non-hydrogen) atoms. The molecule has 0 amide bonds. The van der Waals surface area contributed by atoms with Crippen molar-refractivity contribution in [2.75, 3.05) is 0 Å². The summed E-state index contributed by atoms with van der Waals surface area (Å²) in [6, 6.07) is 0. The predicted molar refractivity (Wildman–Crippen MR) is 42.3 cm³/mol. The Hall–Kier alpha value is -0.570.